The first-order valence-corrected chi connectivity index (χ1v) is 7.03. The maximum Gasteiger partial charge on any atom is 0.398 e. The van der Waals surface area contributed by atoms with Crippen LogP contribution in [0.25, 0.3) is 0 Å². The summed E-state index contributed by atoms with van der Waals surface area (Å²) in [7, 11) is 0. The van der Waals surface area contributed by atoms with Crippen molar-refractivity contribution in [3.63, 3.8) is 0 Å². The summed E-state index contributed by atoms with van der Waals surface area (Å²) in [6, 6.07) is 6.61. The highest BCUT2D eigenvalue weighted by Crippen LogP contribution is 2.60. The summed E-state index contributed by atoms with van der Waals surface area (Å²) >= 11 is 0. The summed E-state index contributed by atoms with van der Waals surface area (Å²) in [5.74, 6) is 0.790. The van der Waals surface area contributed by atoms with Gasteiger partial charge in [0, 0.05) is 18.0 Å². The summed E-state index contributed by atoms with van der Waals surface area (Å²) in [4.78, 5) is 0. The Hall–Kier alpha value is -1.23. The lowest BCUT2D eigenvalue weighted by Gasteiger charge is -2.23. The number of alkyl halides is 3. The van der Waals surface area contributed by atoms with Crippen LogP contribution in [-0.4, -0.2) is 25.9 Å². The van der Waals surface area contributed by atoms with Crippen molar-refractivity contribution in [1.82, 2.24) is 5.32 Å². The Bertz CT molecular complexity index is 476. The van der Waals surface area contributed by atoms with Gasteiger partial charge in [-0.05, 0) is 31.9 Å². The molecule has 1 atom stereocenters. The van der Waals surface area contributed by atoms with Crippen LogP contribution in [0.15, 0.2) is 24.3 Å². The second-order valence-corrected chi connectivity index (χ2v) is 5.75. The van der Waals surface area contributed by atoms with E-state index in [0.29, 0.717) is 23.8 Å². The molecule has 1 aromatic rings. The summed E-state index contributed by atoms with van der Waals surface area (Å²) in [6.07, 6.45) is -2.84. The molecule has 1 aliphatic heterocycles. The quantitative estimate of drug-likeness (QED) is 0.916. The molecule has 110 valence electrons. The van der Waals surface area contributed by atoms with Gasteiger partial charge < -0.3 is 10.1 Å². The van der Waals surface area contributed by atoms with Crippen molar-refractivity contribution in [2.45, 2.75) is 30.9 Å². The van der Waals surface area contributed by atoms with Crippen LogP contribution in [0.5, 0.6) is 5.75 Å². The van der Waals surface area contributed by atoms with E-state index in [2.05, 4.69) is 5.32 Å². The van der Waals surface area contributed by atoms with Crippen molar-refractivity contribution >= 4 is 0 Å². The van der Waals surface area contributed by atoms with Gasteiger partial charge in [0.15, 0.2) is 0 Å². The van der Waals surface area contributed by atoms with Crippen LogP contribution < -0.4 is 10.1 Å². The van der Waals surface area contributed by atoms with E-state index >= 15 is 0 Å². The predicted octanol–water partition coefficient (Wildman–Crippen LogP) is 3.27. The molecule has 5 heteroatoms. The van der Waals surface area contributed by atoms with Gasteiger partial charge in [0.25, 0.3) is 0 Å². The van der Waals surface area contributed by atoms with Gasteiger partial charge in [-0.15, -0.1) is 0 Å². The van der Waals surface area contributed by atoms with E-state index in [1.54, 1.807) is 24.3 Å². The van der Waals surface area contributed by atoms with Gasteiger partial charge in [-0.25, -0.2) is 0 Å². The van der Waals surface area contributed by atoms with Gasteiger partial charge in [-0.1, -0.05) is 18.2 Å². The van der Waals surface area contributed by atoms with Crippen LogP contribution in [0.2, 0.25) is 0 Å². The third kappa shape index (κ3) is 2.39. The summed E-state index contributed by atoms with van der Waals surface area (Å²) in [5.41, 5.74) is -1.37. The molecule has 0 amide bonds. The Kier molecular flexibility index (Phi) is 3.40. The Morgan fingerprint density at radius 2 is 2.00 bits per heavy atom. The molecule has 2 aliphatic rings. The number of rotatable bonds is 4. The van der Waals surface area contributed by atoms with Gasteiger partial charge in [0.1, 0.15) is 5.75 Å². The van der Waals surface area contributed by atoms with Crippen LogP contribution in [0.1, 0.15) is 24.8 Å². The maximum atomic E-state index is 13.2. The van der Waals surface area contributed by atoms with Crippen molar-refractivity contribution in [2.24, 2.45) is 5.92 Å². The molecular formula is C15H18F3NO. The number of hydrogen-bond donors (Lipinski definition) is 1. The fourth-order valence-electron chi connectivity index (χ4n) is 2.88. The van der Waals surface area contributed by atoms with E-state index in [4.69, 9.17) is 4.74 Å². The molecule has 1 saturated carbocycles. The van der Waals surface area contributed by atoms with Crippen molar-refractivity contribution in [3.8, 4) is 5.75 Å². The topological polar surface area (TPSA) is 21.3 Å². The number of hydrogen-bond acceptors (Lipinski definition) is 2. The molecule has 1 aromatic carbocycles. The molecule has 1 N–H and O–H groups in total. The second kappa shape index (κ2) is 4.95. The minimum Gasteiger partial charge on any atom is -0.493 e. The normalized spacial score (nSPS) is 24.6. The molecule has 3 rings (SSSR count). The van der Waals surface area contributed by atoms with Gasteiger partial charge in [-0.3, -0.25) is 0 Å². The van der Waals surface area contributed by atoms with Gasteiger partial charge in [-0.2, -0.15) is 13.2 Å². The Labute approximate surface area is 116 Å². The monoisotopic (exact) mass is 285 g/mol. The molecule has 2 fully saturated rings. The number of ether oxygens (including phenoxy) is 1. The zero-order chi connectivity index (χ0) is 14.2. The van der Waals surface area contributed by atoms with E-state index in [0.717, 1.165) is 19.5 Å². The molecule has 1 aliphatic carbocycles. The summed E-state index contributed by atoms with van der Waals surface area (Å²) in [6.45, 7) is 2.33. The van der Waals surface area contributed by atoms with Crippen molar-refractivity contribution in [1.29, 1.82) is 0 Å². The molecule has 2 nitrogen and oxygen atoms in total. The van der Waals surface area contributed by atoms with Crippen molar-refractivity contribution in [2.75, 3.05) is 19.7 Å². The lowest BCUT2D eigenvalue weighted by Crippen LogP contribution is -2.29. The molecule has 0 radical (unpaired) electrons. The van der Waals surface area contributed by atoms with Crippen LogP contribution in [0, 0.1) is 5.92 Å². The number of halogens is 3. The molecule has 1 unspecified atom stereocenters. The minimum atomic E-state index is -4.19. The van der Waals surface area contributed by atoms with Crippen LogP contribution in [-0.2, 0) is 5.41 Å². The largest absolute Gasteiger partial charge is 0.493 e. The number of benzene rings is 1. The van der Waals surface area contributed by atoms with Gasteiger partial charge in [0.2, 0.25) is 0 Å². The minimum absolute atomic E-state index is 0.169. The smallest absolute Gasteiger partial charge is 0.398 e. The standard InChI is InChI=1S/C15H18F3NO/c16-15(17,18)14(6-7-14)12-3-1-2-4-13(12)20-10-11-5-8-19-9-11/h1-4,11,19H,5-10H2. The fraction of sp³-hybridized carbons (Fsp3) is 0.600. The first-order chi connectivity index (χ1) is 9.53. The van der Waals surface area contributed by atoms with E-state index in [1.807, 2.05) is 0 Å². The van der Waals surface area contributed by atoms with E-state index < -0.39 is 11.6 Å². The van der Waals surface area contributed by atoms with Crippen molar-refractivity contribution < 1.29 is 17.9 Å². The summed E-state index contributed by atoms with van der Waals surface area (Å²) < 4.78 is 45.4. The van der Waals surface area contributed by atoms with Gasteiger partial charge in [0.05, 0.1) is 12.0 Å². The van der Waals surface area contributed by atoms with Crippen molar-refractivity contribution in [3.05, 3.63) is 29.8 Å². The molecule has 0 spiro atoms. The second-order valence-electron chi connectivity index (χ2n) is 5.75. The highest BCUT2D eigenvalue weighted by molar-refractivity contribution is 5.44. The molecule has 1 saturated heterocycles. The first-order valence-electron chi connectivity index (χ1n) is 7.03. The molecule has 0 aromatic heterocycles. The number of para-hydroxylation sites is 1. The average Bonchev–Trinajstić information content (AvgIpc) is 3.08. The van der Waals surface area contributed by atoms with Gasteiger partial charge >= 0.3 is 6.18 Å². The Balaban J connectivity index is 1.78. The third-order valence-electron chi connectivity index (χ3n) is 4.33. The highest BCUT2D eigenvalue weighted by atomic mass is 19.4. The molecular weight excluding hydrogens is 267 g/mol. The summed E-state index contributed by atoms with van der Waals surface area (Å²) in [5, 5.41) is 3.23. The number of nitrogens with one attached hydrogen (secondary N) is 1. The fourth-order valence-corrected chi connectivity index (χ4v) is 2.88. The zero-order valence-corrected chi connectivity index (χ0v) is 11.2. The maximum absolute atomic E-state index is 13.2. The van der Waals surface area contributed by atoms with Crippen LogP contribution in [0.3, 0.4) is 0 Å². The first kappa shape index (κ1) is 13.7. The SMILES string of the molecule is FC(F)(F)C1(c2ccccc2OCC2CCNC2)CC1. The Morgan fingerprint density at radius 3 is 2.60 bits per heavy atom. The van der Waals surface area contributed by atoms with Crippen LogP contribution in [0.4, 0.5) is 13.2 Å². The Morgan fingerprint density at radius 1 is 1.25 bits per heavy atom. The predicted molar refractivity (Wildman–Crippen MR) is 69.9 cm³/mol. The zero-order valence-electron chi connectivity index (χ0n) is 11.2. The molecule has 0 bridgehead atoms. The molecule has 1 heterocycles. The average molecular weight is 285 g/mol. The lowest BCUT2D eigenvalue weighted by atomic mass is 9.94. The highest BCUT2D eigenvalue weighted by Gasteiger charge is 2.65. The van der Waals surface area contributed by atoms with E-state index in [9.17, 15) is 13.2 Å². The van der Waals surface area contributed by atoms with E-state index in [1.165, 1.54) is 0 Å². The van der Waals surface area contributed by atoms with Crippen LogP contribution >= 0.6 is 0 Å². The molecule has 20 heavy (non-hydrogen) atoms. The lowest BCUT2D eigenvalue weighted by molar-refractivity contribution is -0.161. The third-order valence-corrected chi connectivity index (χ3v) is 4.33. The van der Waals surface area contributed by atoms with E-state index in [-0.39, 0.29) is 12.8 Å².